The van der Waals surface area contributed by atoms with Crippen LogP contribution in [0, 0.1) is 35.5 Å². The lowest BCUT2D eigenvalue weighted by Crippen LogP contribution is -2.61. The number of amides is 1. The highest BCUT2D eigenvalue weighted by Crippen LogP contribution is 2.38. The fraction of sp³-hybridized carbons (Fsp3) is 0.772. The molecule has 4 rings (SSSR count). The number of ketones is 3. The summed E-state index contributed by atoms with van der Waals surface area (Å²) < 4.78 is 42.0. The van der Waals surface area contributed by atoms with Gasteiger partial charge < -0.3 is 53.4 Å². The van der Waals surface area contributed by atoms with Gasteiger partial charge in [0.1, 0.15) is 30.1 Å². The van der Waals surface area contributed by atoms with Gasteiger partial charge in [-0.05, 0) is 113 Å². The minimum Gasteiger partial charge on any atom is -0.460 e. The standard InChI is InChI=1S/C57H91NO15/c1-11-26-69-28-29-71-48-34-44-22-20-42(8)57(66,73-44)54(63)55(64)58-24-16-15-19-45(58)56(65)72-49(39(5)32-43-21-23-47(70-27-25-59)50(33-43)67-9)35-46(60)38(4)31-41(7)52(62)53(68-10)51(61)40(6)30-36(2)17-13-12-14-18-37(48)3/h12-14,17-18,31,36,38-40,42-45,47-50,52-53,59,62,66H,11,15-16,19-30,32-35H2,1-10H3/b14-12+,17-13+,37-18+,41-31+/t36-,38-,39-,40-,42-,43+,44+,45+,47-,48+,49+,50-,52-,53?,57-/m1/s1. The maximum absolute atomic E-state index is 14.6. The molecule has 3 heterocycles. The van der Waals surface area contributed by atoms with Gasteiger partial charge in [-0.1, -0.05) is 78.0 Å². The Morgan fingerprint density at radius 2 is 1.59 bits per heavy atom. The number of nitrogens with zero attached hydrogens (tertiary/aromatic N) is 1. The van der Waals surface area contributed by atoms with Crippen molar-refractivity contribution in [2.75, 3.05) is 53.8 Å². The average molecular weight is 1030 g/mol. The van der Waals surface area contributed by atoms with Crippen LogP contribution >= 0.6 is 0 Å². The molecule has 2 saturated heterocycles. The van der Waals surface area contributed by atoms with E-state index in [1.165, 1.54) is 12.0 Å². The number of rotatable bonds is 14. The number of allylic oxidation sites excluding steroid dienone is 6. The molecule has 4 aliphatic rings. The van der Waals surface area contributed by atoms with Crippen LogP contribution in [0.5, 0.6) is 0 Å². The first-order chi connectivity index (χ1) is 34.8. The van der Waals surface area contributed by atoms with E-state index in [9.17, 15) is 39.3 Å². The highest BCUT2D eigenvalue weighted by Gasteiger charge is 2.53. The molecule has 0 aromatic carbocycles. The van der Waals surface area contributed by atoms with E-state index in [-0.39, 0.29) is 80.5 Å². The summed E-state index contributed by atoms with van der Waals surface area (Å²) in [5.41, 5.74) is 1.25. The number of hydrogen-bond acceptors (Lipinski definition) is 15. The van der Waals surface area contributed by atoms with Crippen molar-refractivity contribution in [1.29, 1.82) is 0 Å². The van der Waals surface area contributed by atoms with E-state index in [0.29, 0.717) is 76.8 Å². The molecular weight excluding hydrogens is 939 g/mol. The number of Topliss-reactive ketones (excluding diaryl/α,β-unsaturated/α-hetero) is 3. The van der Waals surface area contributed by atoms with Crippen molar-refractivity contribution in [3.63, 3.8) is 0 Å². The van der Waals surface area contributed by atoms with E-state index in [2.05, 4.69) is 0 Å². The van der Waals surface area contributed by atoms with Gasteiger partial charge in [-0.3, -0.25) is 19.2 Å². The van der Waals surface area contributed by atoms with E-state index >= 15 is 0 Å². The van der Waals surface area contributed by atoms with Crippen LogP contribution in [0.3, 0.4) is 0 Å². The first kappa shape index (κ1) is 62.1. The van der Waals surface area contributed by atoms with E-state index in [1.807, 2.05) is 65.0 Å². The first-order valence-electron chi connectivity index (χ1n) is 27.2. The lowest BCUT2D eigenvalue weighted by Gasteiger charge is -2.43. The maximum atomic E-state index is 14.6. The number of cyclic esters (lactones) is 1. The minimum atomic E-state index is -2.46. The SMILES string of the molecule is CCCOCCO[C@H]1C[C@@H]2CC[C@@H](C)[C@@](O)(O2)C(=O)C(=O)N2CCCC[C@H]2C(=O)O[C@H]([C@H](C)C[C@@H]2CC[C@@H](OCCO)[C@H](OC)C2)CC(=O)[C@H](C)/C=C(\C)[C@@H](O)C(OC)C(=O)[C@H](C)C[C@H](C)/C=C/C=C/C=C/1C. The van der Waals surface area contributed by atoms with Crippen LogP contribution < -0.4 is 0 Å². The molecule has 3 fully saturated rings. The summed E-state index contributed by atoms with van der Waals surface area (Å²) in [4.78, 5) is 72.7. The van der Waals surface area contributed by atoms with Gasteiger partial charge in [0.05, 0.1) is 50.8 Å². The van der Waals surface area contributed by atoms with Crippen LogP contribution in [0.4, 0.5) is 0 Å². The van der Waals surface area contributed by atoms with Crippen LogP contribution in [-0.2, 0) is 57.1 Å². The quantitative estimate of drug-likeness (QED) is 0.0692. The molecule has 1 aliphatic carbocycles. The molecular formula is C57H91NO15. The van der Waals surface area contributed by atoms with E-state index in [0.717, 1.165) is 18.4 Å². The molecule has 16 nitrogen and oxygen atoms in total. The Kier molecular flexibility index (Phi) is 26.3. The summed E-state index contributed by atoms with van der Waals surface area (Å²) in [7, 11) is 3.01. The van der Waals surface area contributed by atoms with Gasteiger partial charge in [0, 0.05) is 58.0 Å². The first-order valence-corrected chi connectivity index (χ1v) is 27.2. The van der Waals surface area contributed by atoms with Gasteiger partial charge in [0.15, 0.2) is 5.78 Å². The number of piperidine rings is 1. The molecule has 0 spiro atoms. The van der Waals surface area contributed by atoms with Gasteiger partial charge in [-0.15, -0.1) is 0 Å². The Bertz CT molecular complexity index is 1900. The average Bonchev–Trinajstić information content (AvgIpc) is 3.37. The van der Waals surface area contributed by atoms with Crippen LogP contribution in [0.2, 0.25) is 0 Å². The van der Waals surface area contributed by atoms with Gasteiger partial charge in [0.25, 0.3) is 11.7 Å². The lowest BCUT2D eigenvalue weighted by atomic mass is 9.78. The summed E-state index contributed by atoms with van der Waals surface area (Å²) in [5, 5.41) is 33.1. The van der Waals surface area contributed by atoms with Crippen LogP contribution in [0.25, 0.3) is 0 Å². The van der Waals surface area contributed by atoms with Gasteiger partial charge in [-0.25, -0.2) is 4.79 Å². The number of ether oxygens (including phenoxy) is 7. The van der Waals surface area contributed by atoms with E-state index in [1.54, 1.807) is 34.0 Å². The second-order valence-electron chi connectivity index (χ2n) is 21.4. The molecule has 15 atom stereocenters. The second-order valence-corrected chi connectivity index (χ2v) is 21.4. The lowest BCUT2D eigenvalue weighted by molar-refractivity contribution is -0.266. The number of carbonyl (C=O) groups is 5. The molecule has 2 bridgehead atoms. The van der Waals surface area contributed by atoms with Crippen molar-refractivity contribution in [2.24, 2.45) is 35.5 Å². The zero-order valence-corrected chi connectivity index (χ0v) is 45.7. The third-order valence-corrected chi connectivity index (χ3v) is 15.5. The molecule has 1 saturated carbocycles. The smallest absolute Gasteiger partial charge is 0.329 e. The summed E-state index contributed by atoms with van der Waals surface area (Å²) in [6, 6.07) is -1.16. The van der Waals surface area contributed by atoms with E-state index < -0.39 is 77.8 Å². The van der Waals surface area contributed by atoms with Crippen molar-refractivity contribution in [3.05, 3.63) is 47.6 Å². The molecule has 0 radical (unpaired) electrons. The summed E-state index contributed by atoms with van der Waals surface area (Å²) in [5.74, 6) is -8.09. The predicted molar refractivity (Wildman–Crippen MR) is 276 cm³/mol. The molecule has 3 N–H and O–H groups in total. The van der Waals surface area contributed by atoms with Crippen LogP contribution in [0.15, 0.2) is 47.6 Å². The fourth-order valence-electron chi connectivity index (χ4n) is 10.9. The highest BCUT2D eigenvalue weighted by molar-refractivity contribution is 6.39. The summed E-state index contributed by atoms with van der Waals surface area (Å²) in [6.07, 6.45) is 12.6. The van der Waals surface area contributed by atoms with Crippen molar-refractivity contribution >= 4 is 29.2 Å². The Labute approximate surface area is 435 Å². The van der Waals surface area contributed by atoms with Crippen LogP contribution in [-0.4, -0.2) is 158 Å². The Hall–Kier alpha value is -3.45. The van der Waals surface area contributed by atoms with Gasteiger partial charge >= 0.3 is 5.97 Å². The second kappa shape index (κ2) is 30.9. The third-order valence-electron chi connectivity index (χ3n) is 15.5. The Morgan fingerprint density at radius 1 is 0.836 bits per heavy atom. The molecule has 73 heavy (non-hydrogen) atoms. The molecule has 1 unspecified atom stereocenters. The summed E-state index contributed by atoms with van der Waals surface area (Å²) in [6.45, 7) is 16.2. The number of fused-ring (bicyclic) bond motifs is 3. The van der Waals surface area contributed by atoms with E-state index in [4.69, 9.17) is 33.2 Å². The number of aliphatic hydroxyl groups excluding tert-OH is 2. The largest absolute Gasteiger partial charge is 0.460 e. The number of methoxy groups -OCH3 is 2. The molecule has 16 heteroatoms. The predicted octanol–water partition coefficient (Wildman–Crippen LogP) is 6.99. The van der Waals surface area contributed by atoms with Crippen molar-refractivity contribution in [1.82, 2.24) is 4.90 Å². The molecule has 1 amide bonds. The monoisotopic (exact) mass is 1030 g/mol. The minimum absolute atomic E-state index is 0.000424. The molecule has 0 aromatic rings. The van der Waals surface area contributed by atoms with Gasteiger partial charge in [-0.2, -0.15) is 0 Å². The molecule has 0 aromatic heterocycles. The van der Waals surface area contributed by atoms with Gasteiger partial charge in [0.2, 0.25) is 5.79 Å². The topological polar surface area (TPSA) is 214 Å². The van der Waals surface area contributed by atoms with Crippen LogP contribution in [0.1, 0.15) is 139 Å². The summed E-state index contributed by atoms with van der Waals surface area (Å²) >= 11 is 0. The number of aliphatic hydroxyl groups is 3. The van der Waals surface area contributed by atoms with Crippen molar-refractivity contribution in [3.8, 4) is 0 Å². The third kappa shape index (κ3) is 18.1. The number of hydrogen-bond donors (Lipinski definition) is 3. The zero-order valence-electron chi connectivity index (χ0n) is 45.7. The number of carbonyl (C=O) groups excluding carboxylic acids is 5. The molecule has 3 aliphatic heterocycles. The number of esters is 1. The van der Waals surface area contributed by atoms with Crippen molar-refractivity contribution < 1.29 is 72.5 Å². The zero-order chi connectivity index (χ0) is 53.8. The maximum Gasteiger partial charge on any atom is 0.329 e. The van der Waals surface area contributed by atoms with Crippen molar-refractivity contribution in [2.45, 2.75) is 193 Å². The molecule has 414 valence electrons. The Morgan fingerprint density at radius 3 is 2.29 bits per heavy atom. The Balaban J connectivity index is 1.71. The normalized spacial score (nSPS) is 37.3. The highest BCUT2D eigenvalue weighted by atomic mass is 16.6. The fourth-order valence-corrected chi connectivity index (χ4v) is 10.9.